The van der Waals surface area contributed by atoms with E-state index in [1.54, 1.807) is 0 Å². The Morgan fingerprint density at radius 3 is 2.67 bits per heavy atom. The van der Waals surface area contributed by atoms with E-state index in [1.807, 2.05) is 24.3 Å². The number of rotatable bonds is 2. The van der Waals surface area contributed by atoms with Gasteiger partial charge in [0, 0.05) is 15.4 Å². The maximum Gasteiger partial charge on any atom is 0.136 e. The molecule has 0 fully saturated rings. The van der Waals surface area contributed by atoms with E-state index >= 15 is 0 Å². The summed E-state index contributed by atoms with van der Waals surface area (Å²) in [6.07, 6.45) is 2.15. The van der Waals surface area contributed by atoms with Crippen LogP contribution >= 0.6 is 31.9 Å². The third-order valence-corrected chi connectivity index (χ3v) is 4.14. The molecule has 2 rings (SSSR count). The van der Waals surface area contributed by atoms with Crippen molar-refractivity contribution in [3.8, 4) is 0 Å². The number of halogens is 2. The quantitative estimate of drug-likeness (QED) is 0.896. The molecule has 0 aromatic heterocycles. The fraction of sp³-hybridized carbons (Fsp3) is 0.273. The summed E-state index contributed by atoms with van der Waals surface area (Å²) < 4.78 is 7.22. The zero-order valence-electron chi connectivity index (χ0n) is 7.91. The Bertz CT molecular complexity index is 402. The summed E-state index contributed by atoms with van der Waals surface area (Å²) >= 11 is 6.79. The number of hydrogen-bond acceptors (Lipinski definition) is 2. The Balaban J connectivity index is 2.25. The van der Waals surface area contributed by atoms with Gasteiger partial charge in [0.05, 0.1) is 6.61 Å². The van der Waals surface area contributed by atoms with E-state index in [9.17, 15) is 5.11 Å². The average Bonchev–Trinajstić information content (AvgIpc) is 2.74. The van der Waals surface area contributed by atoms with Gasteiger partial charge in [0.2, 0.25) is 0 Å². The highest BCUT2D eigenvalue weighted by molar-refractivity contribution is 9.13. The summed E-state index contributed by atoms with van der Waals surface area (Å²) in [6.45, 7) is 0.671. The fourth-order valence-electron chi connectivity index (χ4n) is 1.47. The first-order valence-corrected chi connectivity index (χ1v) is 6.23. The van der Waals surface area contributed by atoms with Gasteiger partial charge in [0.25, 0.3) is 0 Å². The van der Waals surface area contributed by atoms with Gasteiger partial charge in [-0.15, -0.1) is 0 Å². The molecule has 1 aromatic rings. The number of ether oxygens (including phenoxy) is 1. The standard InChI is InChI=1S/C11H10Br2O2/c12-8-4-3-7(6-9(8)13)11(14)10-2-1-5-15-10/h2-4,6,11,14H,1,5H2. The van der Waals surface area contributed by atoms with Gasteiger partial charge >= 0.3 is 0 Å². The van der Waals surface area contributed by atoms with Crippen LogP contribution in [0.3, 0.4) is 0 Å². The van der Waals surface area contributed by atoms with Crippen LogP contribution in [0.2, 0.25) is 0 Å². The predicted octanol–water partition coefficient (Wildman–Crippen LogP) is 3.55. The van der Waals surface area contributed by atoms with E-state index in [1.165, 1.54) is 0 Å². The lowest BCUT2D eigenvalue weighted by molar-refractivity contribution is 0.119. The van der Waals surface area contributed by atoms with Gasteiger partial charge in [0.1, 0.15) is 11.9 Å². The fourth-order valence-corrected chi connectivity index (χ4v) is 2.12. The van der Waals surface area contributed by atoms with Crippen molar-refractivity contribution in [2.75, 3.05) is 6.61 Å². The van der Waals surface area contributed by atoms with Crippen molar-refractivity contribution in [3.05, 3.63) is 44.5 Å². The Hall–Kier alpha value is -0.320. The van der Waals surface area contributed by atoms with Gasteiger partial charge in [-0.1, -0.05) is 6.07 Å². The Morgan fingerprint density at radius 1 is 1.27 bits per heavy atom. The molecule has 2 nitrogen and oxygen atoms in total. The lowest BCUT2D eigenvalue weighted by Gasteiger charge is -2.13. The lowest BCUT2D eigenvalue weighted by Crippen LogP contribution is -2.02. The lowest BCUT2D eigenvalue weighted by atomic mass is 10.1. The largest absolute Gasteiger partial charge is 0.495 e. The molecule has 1 unspecified atom stereocenters. The molecule has 0 radical (unpaired) electrons. The molecule has 0 spiro atoms. The third-order valence-electron chi connectivity index (χ3n) is 2.26. The van der Waals surface area contributed by atoms with Gasteiger partial charge in [-0.2, -0.15) is 0 Å². The zero-order valence-corrected chi connectivity index (χ0v) is 11.1. The van der Waals surface area contributed by atoms with E-state index in [4.69, 9.17) is 4.74 Å². The van der Waals surface area contributed by atoms with Crippen LogP contribution in [0.1, 0.15) is 18.1 Å². The Kier molecular flexibility index (Phi) is 3.49. The third kappa shape index (κ3) is 2.44. The first-order valence-electron chi connectivity index (χ1n) is 4.64. The van der Waals surface area contributed by atoms with Crippen LogP contribution in [0.15, 0.2) is 39.0 Å². The van der Waals surface area contributed by atoms with E-state index in [2.05, 4.69) is 31.9 Å². The van der Waals surface area contributed by atoms with Crippen molar-refractivity contribution >= 4 is 31.9 Å². The SMILES string of the molecule is OC(C1=CCCO1)c1ccc(Br)c(Br)c1. The smallest absolute Gasteiger partial charge is 0.136 e. The molecule has 15 heavy (non-hydrogen) atoms. The molecule has 1 atom stereocenters. The molecular weight excluding hydrogens is 324 g/mol. The van der Waals surface area contributed by atoms with E-state index in [0.29, 0.717) is 12.4 Å². The van der Waals surface area contributed by atoms with Crippen LogP contribution < -0.4 is 0 Å². The second kappa shape index (κ2) is 4.68. The molecule has 1 aliphatic rings. The van der Waals surface area contributed by atoms with E-state index in [-0.39, 0.29) is 0 Å². The Labute approximate surface area is 105 Å². The molecule has 1 aromatic carbocycles. The minimum Gasteiger partial charge on any atom is -0.495 e. The van der Waals surface area contributed by atoms with Crippen LogP contribution in [-0.2, 0) is 4.74 Å². The summed E-state index contributed by atoms with van der Waals surface area (Å²) in [7, 11) is 0. The van der Waals surface area contributed by atoms with Gasteiger partial charge in [0.15, 0.2) is 0 Å². The van der Waals surface area contributed by atoms with Crippen LogP contribution in [0.5, 0.6) is 0 Å². The maximum absolute atomic E-state index is 10.0. The topological polar surface area (TPSA) is 29.5 Å². The molecule has 80 valence electrons. The zero-order chi connectivity index (χ0) is 10.8. The molecule has 0 aliphatic carbocycles. The summed E-state index contributed by atoms with van der Waals surface area (Å²) in [6, 6.07) is 5.66. The molecule has 1 aliphatic heterocycles. The van der Waals surface area contributed by atoms with Crippen molar-refractivity contribution in [2.45, 2.75) is 12.5 Å². The van der Waals surface area contributed by atoms with Crippen molar-refractivity contribution in [1.82, 2.24) is 0 Å². The summed E-state index contributed by atoms with van der Waals surface area (Å²) in [4.78, 5) is 0. The number of benzene rings is 1. The highest BCUT2D eigenvalue weighted by Gasteiger charge is 2.18. The maximum atomic E-state index is 10.0. The van der Waals surface area contributed by atoms with Crippen LogP contribution in [0.25, 0.3) is 0 Å². The van der Waals surface area contributed by atoms with Gasteiger partial charge in [-0.3, -0.25) is 0 Å². The molecule has 0 saturated heterocycles. The first kappa shape index (κ1) is 11.2. The van der Waals surface area contributed by atoms with Crippen molar-refractivity contribution in [3.63, 3.8) is 0 Å². The van der Waals surface area contributed by atoms with Crippen LogP contribution in [0.4, 0.5) is 0 Å². The van der Waals surface area contributed by atoms with Gasteiger partial charge in [-0.05, 0) is 55.6 Å². The van der Waals surface area contributed by atoms with Gasteiger partial charge < -0.3 is 9.84 Å². The minimum atomic E-state index is -0.656. The van der Waals surface area contributed by atoms with Crippen molar-refractivity contribution in [2.24, 2.45) is 0 Å². The molecule has 0 amide bonds. The van der Waals surface area contributed by atoms with Crippen molar-refractivity contribution < 1.29 is 9.84 Å². The van der Waals surface area contributed by atoms with Crippen LogP contribution in [0, 0.1) is 0 Å². The Morgan fingerprint density at radius 2 is 2.07 bits per heavy atom. The molecule has 0 saturated carbocycles. The van der Waals surface area contributed by atoms with Crippen LogP contribution in [-0.4, -0.2) is 11.7 Å². The molecule has 0 bridgehead atoms. The molecule has 4 heteroatoms. The summed E-state index contributed by atoms with van der Waals surface area (Å²) in [5.41, 5.74) is 0.832. The number of aliphatic hydroxyl groups is 1. The predicted molar refractivity (Wildman–Crippen MR) is 65.5 cm³/mol. The first-order chi connectivity index (χ1) is 7.18. The molecule has 1 heterocycles. The molecular formula is C11H10Br2O2. The molecule has 1 N–H and O–H groups in total. The monoisotopic (exact) mass is 332 g/mol. The normalized spacial score (nSPS) is 17.1. The van der Waals surface area contributed by atoms with Crippen molar-refractivity contribution in [1.29, 1.82) is 0 Å². The minimum absolute atomic E-state index is 0.656. The highest BCUT2D eigenvalue weighted by Crippen LogP contribution is 2.31. The van der Waals surface area contributed by atoms with E-state index < -0.39 is 6.10 Å². The summed E-state index contributed by atoms with van der Waals surface area (Å²) in [5, 5.41) is 10.0. The second-order valence-corrected chi connectivity index (χ2v) is 5.03. The second-order valence-electron chi connectivity index (χ2n) is 3.32. The van der Waals surface area contributed by atoms with E-state index in [0.717, 1.165) is 20.9 Å². The number of aliphatic hydroxyl groups excluding tert-OH is 1. The average molecular weight is 334 g/mol. The number of hydrogen-bond donors (Lipinski definition) is 1. The summed E-state index contributed by atoms with van der Waals surface area (Å²) in [5.74, 6) is 0.657. The highest BCUT2D eigenvalue weighted by atomic mass is 79.9. The van der Waals surface area contributed by atoms with Gasteiger partial charge in [-0.25, -0.2) is 0 Å².